The van der Waals surface area contributed by atoms with Crippen molar-refractivity contribution in [3.63, 3.8) is 0 Å². The van der Waals surface area contributed by atoms with Crippen LogP contribution in [0.25, 0.3) is 11.3 Å². The zero-order valence-corrected chi connectivity index (χ0v) is 18.8. The van der Waals surface area contributed by atoms with Gasteiger partial charge in [0.05, 0.1) is 17.3 Å². The minimum absolute atomic E-state index is 0.175. The molecule has 1 fully saturated rings. The summed E-state index contributed by atoms with van der Waals surface area (Å²) in [6, 6.07) is 22.9. The molecule has 3 heterocycles. The summed E-state index contributed by atoms with van der Waals surface area (Å²) in [5.74, 6) is 0.0844. The number of nitrogens with one attached hydrogen (secondary N) is 1. The molecule has 0 aliphatic carbocycles. The van der Waals surface area contributed by atoms with E-state index in [-0.39, 0.29) is 17.6 Å². The molecule has 1 saturated heterocycles. The molecule has 2 atom stereocenters. The number of rotatable bonds is 5. The second-order valence-corrected chi connectivity index (χ2v) is 8.35. The van der Waals surface area contributed by atoms with E-state index >= 15 is 0 Å². The molecular weight excluding hydrogens is 458 g/mol. The Balaban J connectivity index is 1.61. The van der Waals surface area contributed by atoms with Gasteiger partial charge in [0.1, 0.15) is 17.6 Å². The van der Waals surface area contributed by atoms with Gasteiger partial charge in [0.2, 0.25) is 0 Å². The maximum Gasteiger partial charge on any atom is 0.336 e. The van der Waals surface area contributed by atoms with E-state index in [1.807, 2.05) is 41.3 Å². The Morgan fingerprint density at radius 1 is 1.03 bits per heavy atom. The number of hydrogen-bond donors (Lipinski definition) is 2. The van der Waals surface area contributed by atoms with E-state index < -0.39 is 5.97 Å². The number of pyridine rings is 1. The number of halogens is 1. The number of anilines is 1. The molecule has 4 aromatic rings. The fraction of sp³-hybridized carbons (Fsp3) is 0.0800. The van der Waals surface area contributed by atoms with Gasteiger partial charge in [-0.15, -0.1) is 0 Å². The molecule has 0 saturated carbocycles. The third kappa shape index (κ3) is 3.97. The minimum Gasteiger partial charge on any atom is -0.478 e. The van der Waals surface area contributed by atoms with Crippen molar-refractivity contribution in [2.45, 2.75) is 12.1 Å². The Labute approximate surface area is 200 Å². The van der Waals surface area contributed by atoms with Gasteiger partial charge in [-0.05, 0) is 66.8 Å². The van der Waals surface area contributed by atoms with Crippen molar-refractivity contribution in [1.29, 1.82) is 0 Å². The van der Waals surface area contributed by atoms with Crippen LogP contribution in [-0.2, 0) is 0 Å². The zero-order chi connectivity index (χ0) is 22.9. The smallest absolute Gasteiger partial charge is 0.336 e. The molecule has 0 spiro atoms. The molecule has 8 heteroatoms. The van der Waals surface area contributed by atoms with Crippen LogP contribution < -0.4 is 10.2 Å². The first kappa shape index (κ1) is 21.2. The van der Waals surface area contributed by atoms with E-state index in [9.17, 15) is 9.90 Å². The summed E-state index contributed by atoms with van der Waals surface area (Å²) in [6.45, 7) is 0. The summed E-state index contributed by atoms with van der Waals surface area (Å²) >= 11 is 11.8. The van der Waals surface area contributed by atoms with Crippen molar-refractivity contribution in [3.05, 3.63) is 107 Å². The standard InChI is InChI=1S/C25H18ClN3O3S/c26-15-8-10-16(11-9-15)29-23(22(28-25(29)33)19-7-3-4-14-27-19)21-13-12-20(32-21)17-5-1-2-6-18(17)24(30)31/h1-14,22-23H,(H,28,33)(H,30,31). The molecule has 6 nitrogen and oxygen atoms in total. The predicted molar refractivity (Wildman–Crippen MR) is 130 cm³/mol. The molecule has 5 rings (SSSR count). The molecule has 33 heavy (non-hydrogen) atoms. The number of carboxylic acid groups (broad SMARTS) is 1. The van der Waals surface area contributed by atoms with Gasteiger partial charge >= 0.3 is 5.97 Å². The summed E-state index contributed by atoms with van der Waals surface area (Å²) in [5, 5.41) is 14.1. The van der Waals surface area contributed by atoms with Crippen LogP contribution in [0.1, 0.15) is 33.9 Å². The molecular formula is C25H18ClN3O3S. The normalized spacial score (nSPS) is 17.7. The van der Waals surface area contributed by atoms with Gasteiger partial charge in [-0.25, -0.2) is 4.79 Å². The first-order valence-electron chi connectivity index (χ1n) is 10.2. The number of carbonyl (C=O) groups is 1. The van der Waals surface area contributed by atoms with Crippen molar-refractivity contribution in [2.24, 2.45) is 0 Å². The highest BCUT2D eigenvalue weighted by atomic mass is 35.5. The summed E-state index contributed by atoms with van der Waals surface area (Å²) < 4.78 is 6.26. The molecule has 0 amide bonds. The summed E-state index contributed by atoms with van der Waals surface area (Å²) in [6.07, 6.45) is 1.73. The van der Waals surface area contributed by atoms with E-state index in [4.69, 9.17) is 28.2 Å². The first-order chi connectivity index (χ1) is 16.0. The van der Waals surface area contributed by atoms with Gasteiger partial charge in [-0.1, -0.05) is 35.9 Å². The number of thiocarbonyl (C=S) groups is 1. The molecule has 0 bridgehead atoms. The van der Waals surface area contributed by atoms with Gasteiger partial charge in [-0.3, -0.25) is 4.98 Å². The van der Waals surface area contributed by atoms with Crippen LogP contribution in [0.15, 0.2) is 89.5 Å². The topological polar surface area (TPSA) is 78.6 Å². The molecule has 2 aromatic heterocycles. The fourth-order valence-electron chi connectivity index (χ4n) is 4.06. The maximum absolute atomic E-state index is 11.7. The minimum atomic E-state index is -1.01. The summed E-state index contributed by atoms with van der Waals surface area (Å²) in [7, 11) is 0. The average molecular weight is 476 g/mol. The van der Waals surface area contributed by atoms with E-state index in [0.717, 1.165) is 11.4 Å². The van der Waals surface area contributed by atoms with Crippen LogP contribution in [0.3, 0.4) is 0 Å². The number of nitrogens with zero attached hydrogens (tertiary/aromatic N) is 2. The Morgan fingerprint density at radius 2 is 1.79 bits per heavy atom. The van der Waals surface area contributed by atoms with Gasteiger partial charge in [0.15, 0.2) is 5.11 Å². The lowest BCUT2D eigenvalue weighted by atomic mass is 10.0. The first-order valence-corrected chi connectivity index (χ1v) is 11.0. The lowest BCUT2D eigenvalue weighted by Crippen LogP contribution is -2.29. The number of aromatic nitrogens is 1. The van der Waals surface area contributed by atoms with Crippen LogP contribution in [0.2, 0.25) is 5.02 Å². The molecule has 0 radical (unpaired) electrons. The number of aromatic carboxylic acids is 1. The zero-order valence-electron chi connectivity index (χ0n) is 17.2. The van der Waals surface area contributed by atoms with Gasteiger partial charge in [0, 0.05) is 22.5 Å². The third-order valence-electron chi connectivity index (χ3n) is 5.54. The summed E-state index contributed by atoms with van der Waals surface area (Å²) in [4.78, 5) is 18.2. The van der Waals surface area contributed by atoms with Crippen LogP contribution in [0.5, 0.6) is 0 Å². The van der Waals surface area contributed by atoms with E-state index in [1.165, 1.54) is 0 Å². The summed E-state index contributed by atoms with van der Waals surface area (Å²) in [5.41, 5.74) is 2.35. The van der Waals surface area contributed by atoms with E-state index in [1.54, 1.807) is 48.7 Å². The highest BCUT2D eigenvalue weighted by Crippen LogP contribution is 2.43. The van der Waals surface area contributed by atoms with Crippen molar-refractivity contribution < 1.29 is 14.3 Å². The number of carboxylic acids is 1. The quantitative estimate of drug-likeness (QED) is 0.349. The van der Waals surface area contributed by atoms with Crippen LogP contribution in [-0.4, -0.2) is 21.2 Å². The largest absolute Gasteiger partial charge is 0.478 e. The lowest BCUT2D eigenvalue weighted by Gasteiger charge is -2.26. The second kappa shape index (κ2) is 8.69. The Bertz CT molecular complexity index is 1320. The van der Waals surface area contributed by atoms with E-state index in [2.05, 4.69) is 10.3 Å². The fourth-order valence-corrected chi connectivity index (χ4v) is 4.54. The van der Waals surface area contributed by atoms with Crippen molar-refractivity contribution >= 4 is 40.6 Å². The number of hydrogen-bond acceptors (Lipinski definition) is 4. The maximum atomic E-state index is 11.7. The highest BCUT2D eigenvalue weighted by Gasteiger charge is 2.42. The monoisotopic (exact) mass is 475 g/mol. The average Bonchev–Trinajstić information content (AvgIpc) is 3.45. The van der Waals surface area contributed by atoms with Crippen molar-refractivity contribution in [2.75, 3.05) is 4.90 Å². The molecule has 1 aliphatic rings. The van der Waals surface area contributed by atoms with E-state index in [0.29, 0.717) is 27.2 Å². The Morgan fingerprint density at radius 3 is 2.52 bits per heavy atom. The predicted octanol–water partition coefficient (Wildman–Crippen LogP) is 5.87. The number of furan rings is 1. The lowest BCUT2D eigenvalue weighted by molar-refractivity contribution is 0.0697. The number of benzene rings is 2. The van der Waals surface area contributed by atoms with Gasteiger partial charge in [0.25, 0.3) is 0 Å². The highest BCUT2D eigenvalue weighted by molar-refractivity contribution is 7.80. The van der Waals surface area contributed by atoms with Gasteiger partial charge < -0.3 is 19.7 Å². The third-order valence-corrected chi connectivity index (χ3v) is 6.11. The molecule has 2 N–H and O–H groups in total. The SMILES string of the molecule is O=C(O)c1ccccc1-c1ccc(C2C(c3ccccn3)NC(=S)N2c2ccc(Cl)cc2)o1. The molecule has 2 aromatic carbocycles. The Hall–Kier alpha value is -3.68. The molecule has 2 unspecified atom stereocenters. The van der Waals surface area contributed by atoms with Crippen LogP contribution in [0, 0.1) is 0 Å². The van der Waals surface area contributed by atoms with Crippen LogP contribution >= 0.6 is 23.8 Å². The Kier molecular flexibility index (Phi) is 5.58. The second-order valence-electron chi connectivity index (χ2n) is 7.53. The van der Waals surface area contributed by atoms with Crippen molar-refractivity contribution in [3.8, 4) is 11.3 Å². The van der Waals surface area contributed by atoms with Gasteiger partial charge in [-0.2, -0.15) is 0 Å². The molecule has 164 valence electrons. The van der Waals surface area contributed by atoms with Crippen LogP contribution in [0.4, 0.5) is 5.69 Å². The molecule has 1 aliphatic heterocycles. The van der Waals surface area contributed by atoms with Crippen molar-refractivity contribution in [1.82, 2.24) is 10.3 Å².